The first-order chi connectivity index (χ1) is 10.2. The highest BCUT2D eigenvalue weighted by Gasteiger charge is 2.18. The largest absolute Gasteiger partial charge is 0.459 e. The summed E-state index contributed by atoms with van der Waals surface area (Å²) in [6.07, 6.45) is 1.49. The van der Waals surface area contributed by atoms with Crippen molar-refractivity contribution in [1.29, 1.82) is 0 Å². The highest BCUT2D eigenvalue weighted by molar-refractivity contribution is 7.99. The lowest BCUT2D eigenvalue weighted by molar-refractivity contribution is 0.0475. The van der Waals surface area contributed by atoms with Crippen molar-refractivity contribution in [3.63, 3.8) is 0 Å². The molecule has 0 saturated heterocycles. The minimum absolute atomic E-state index is 0.161. The number of esters is 1. The molecule has 108 valence electrons. The number of nitrogens with zero attached hydrogens (tertiary/aromatic N) is 4. The lowest BCUT2D eigenvalue weighted by Gasteiger charge is -1.97. The van der Waals surface area contributed by atoms with E-state index in [1.54, 1.807) is 18.3 Å². The number of ether oxygens (including phenoxy) is 1. The smallest absolute Gasteiger partial charge is 0.396 e. The van der Waals surface area contributed by atoms with Crippen LogP contribution in [0, 0.1) is 6.92 Å². The Morgan fingerprint density at radius 3 is 3.10 bits per heavy atom. The van der Waals surface area contributed by atoms with Gasteiger partial charge < -0.3 is 9.15 Å². The Kier molecular flexibility index (Phi) is 3.84. The number of rotatable bonds is 4. The van der Waals surface area contributed by atoms with Crippen LogP contribution in [0.5, 0.6) is 0 Å². The third-order valence-electron chi connectivity index (χ3n) is 2.46. The van der Waals surface area contributed by atoms with E-state index < -0.39 is 5.97 Å². The van der Waals surface area contributed by atoms with E-state index in [0.717, 1.165) is 15.1 Å². The van der Waals surface area contributed by atoms with Gasteiger partial charge in [0.05, 0.1) is 6.61 Å². The lowest BCUT2D eigenvalue weighted by atomic mass is 10.4. The molecule has 0 aliphatic rings. The molecule has 3 heterocycles. The summed E-state index contributed by atoms with van der Waals surface area (Å²) in [5, 5.41) is 9.36. The van der Waals surface area contributed by atoms with Crippen LogP contribution in [-0.4, -0.2) is 32.7 Å². The van der Waals surface area contributed by atoms with Gasteiger partial charge in [0.1, 0.15) is 16.2 Å². The van der Waals surface area contributed by atoms with Crippen LogP contribution < -0.4 is 0 Å². The molecule has 0 N–H and O–H groups in total. The summed E-state index contributed by atoms with van der Waals surface area (Å²) in [4.78, 5) is 22.0. The molecule has 0 fully saturated rings. The second-order valence-electron chi connectivity index (χ2n) is 3.95. The quantitative estimate of drug-likeness (QED) is 0.535. The zero-order valence-corrected chi connectivity index (χ0v) is 12.8. The average Bonchev–Trinajstić information content (AvgIpc) is 3.05. The minimum Gasteiger partial charge on any atom is -0.459 e. The van der Waals surface area contributed by atoms with E-state index in [1.165, 1.54) is 18.1 Å². The van der Waals surface area contributed by atoms with E-state index in [-0.39, 0.29) is 17.7 Å². The van der Waals surface area contributed by atoms with Gasteiger partial charge in [-0.1, -0.05) is 5.10 Å². The molecule has 7 nitrogen and oxygen atoms in total. The Hall–Kier alpha value is -2.00. The Balaban J connectivity index is 1.87. The van der Waals surface area contributed by atoms with E-state index in [2.05, 4.69) is 20.2 Å². The number of aromatic nitrogens is 4. The van der Waals surface area contributed by atoms with Crippen molar-refractivity contribution in [2.24, 2.45) is 0 Å². The number of aryl methyl sites for hydroxylation is 1. The summed E-state index contributed by atoms with van der Waals surface area (Å²) in [5.74, 6) is -0.790. The van der Waals surface area contributed by atoms with E-state index in [9.17, 15) is 4.79 Å². The van der Waals surface area contributed by atoms with E-state index >= 15 is 0 Å². The number of hydrogen-bond acceptors (Lipinski definition) is 9. The summed E-state index contributed by atoms with van der Waals surface area (Å²) >= 11 is 2.78. The summed E-state index contributed by atoms with van der Waals surface area (Å²) in [5.41, 5.74) is 0. The maximum atomic E-state index is 11.5. The molecule has 0 bridgehead atoms. The molecule has 0 aliphatic carbocycles. The van der Waals surface area contributed by atoms with Gasteiger partial charge in [-0.25, -0.2) is 14.8 Å². The molecule has 0 saturated carbocycles. The Bertz CT molecular complexity index is 799. The zero-order valence-electron chi connectivity index (χ0n) is 11.2. The van der Waals surface area contributed by atoms with Gasteiger partial charge in [0.15, 0.2) is 0 Å². The van der Waals surface area contributed by atoms with Gasteiger partial charge >= 0.3 is 11.9 Å². The van der Waals surface area contributed by atoms with Crippen LogP contribution in [-0.2, 0) is 4.74 Å². The fourth-order valence-corrected chi connectivity index (χ4v) is 3.29. The highest BCUT2D eigenvalue weighted by atomic mass is 32.2. The number of fused-ring (bicyclic) bond motifs is 1. The van der Waals surface area contributed by atoms with E-state index in [4.69, 9.17) is 9.15 Å². The van der Waals surface area contributed by atoms with Crippen molar-refractivity contribution in [2.75, 3.05) is 6.61 Å². The number of hydrogen-bond donors (Lipinski definition) is 0. The van der Waals surface area contributed by atoms with E-state index in [1.807, 2.05) is 13.0 Å². The van der Waals surface area contributed by atoms with Gasteiger partial charge in [-0.3, -0.25) is 0 Å². The van der Waals surface area contributed by atoms with Crippen molar-refractivity contribution >= 4 is 39.3 Å². The standard InChI is InChI=1S/C12H10N4O3S2/c1-3-18-11(17)8-15-16-12(19-8)21-10-7-4-6(2)20-9(7)13-5-14-10/h4-5H,3H2,1-2H3. The second-order valence-corrected chi connectivity index (χ2v) is 6.13. The fourth-order valence-electron chi connectivity index (χ4n) is 1.64. The minimum atomic E-state index is -0.629. The topological polar surface area (TPSA) is 91.0 Å². The summed E-state index contributed by atoms with van der Waals surface area (Å²) < 4.78 is 10.1. The van der Waals surface area contributed by atoms with Crippen molar-refractivity contribution < 1.29 is 13.9 Å². The molecule has 3 aromatic heterocycles. The second kappa shape index (κ2) is 5.78. The number of carbonyl (C=O) groups excluding carboxylic acids is 1. The van der Waals surface area contributed by atoms with Crippen molar-refractivity contribution in [3.8, 4) is 0 Å². The molecule has 0 atom stereocenters. The van der Waals surface area contributed by atoms with Crippen LogP contribution >= 0.6 is 23.1 Å². The molecule has 3 aromatic rings. The van der Waals surface area contributed by atoms with Crippen LogP contribution in [0.2, 0.25) is 0 Å². The molecule has 0 spiro atoms. The van der Waals surface area contributed by atoms with Crippen molar-refractivity contribution in [3.05, 3.63) is 23.2 Å². The molecule has 3 rings (SSSR count). The Morgan fingerprint density at radius 2 is 2.29 bits per heavy atom. The van der Waals surface area contributed by atoms with Gasteiger partial charge in [0, 0.05) is 10.3 Å². The fraction of sp³-hybridized carbons (Fsp3) is 0.250. The third-order valence-corrected chi connectivity index (χ3v) is 4.27. The normalized spacial score (nSPS) is 11.0. The number of thiophene rings is 1. The SMILES string of the molecule is CCOC(=O)c1nnc(Sc2ncnc3sc(C)cc23)o1. The first-order valence-electron chi connectivity index (χ1n) is 6.07. The number of carbonyl (C=O) groups is 1. The van der Waals surface area contributed by atoms with Gasteiger partial charge in [-0.2, -0.15) is 0 Å². The average molecular weight is 322 g/mol. The van der Waals surface area contributed by atoms with Crippen LogP contribution in [0.1, 0.15) is 22.5 Å². The van der Waals surface area contributed by atoms with Gasteiger partial charge in [0.2, 0.25) is 0 Å². The van der Waals surface area contributed by atoms with Crippen LogP contribution in [0.15, 0.2) is 27.1 Å². The van der Waals surface area contributed by atoms with Crippen molar-refractivity contribution in [1.82, 2.24) is 20.2 Å². The van der Waals surface area contributed by atoms with Gasteiger partial charge in [-0.15, -0.1) is 16.4 Å². The maximum Gasteiger partial charge on any atom is 0.396 e. The van der Waals surface area contributed by atoms with E-state index in [0.29, 0.717) is 5.03 Å². The third kappa shape index (κ3) is 2.88. The maximum absolute atomic E-state index is 11.5. The molecular formula is C12H10N4O3S2. The first kappa shape index (κ1) is 14.0. The van der Waals surface area contributed by atoms with Crippen LogP contribution in [0.4, 0.5) is 0 Å². The summed E-state index contributed by atoms with van der Waals surface area (Å²) in [6, 6.07) is 2.00. The molecule has 0 amide bonds. The first-order valence-corrected chi connectivity index (χ1v) is 7.70. The summed E-state index contributed by atoms with van der Waals surface area (Å²) in [7, 11) is 0. The predicted molar refractivity (Wildman–Crippen MR) is 76.5 cm³/mol. The molecule has 21 heavy (non-hydrogen) atoms. The molecule has 0 aromatic carbocycles. The van der Waals surface area contributed by atoms with Gasteiger partial charge in [-0.05, 0) is 31.7 Å². The molecule has 9 heteroatoms. The van der Waals surface area contributed by atoms with Crippen LogP contribution in [0.3, 0.4) is 0 Å². The molecule has 0 unspecified atom stereocenters. The van der Waals surface area contributed by atoms with Crippen LogP contribution in [0.25, 0.3) is 10.2 Å². The molecule has 0 aliphatic heterocycles. The Labute approximate surface area is 127 Å². The van der Waals surface area contributed by atoms with Gasteiger partial charge in [0.25, 0.3) is 5.22 Å². The van der Waals surface area contributed by atoms with Crippen molar-refractivity contribution in [2.45, 2.75) is 24.1 Å². The predicted octanol–water partition coefficient (Wildman–Crippen LogP) is 2.71. The lowest BCUT2D eigenvalue weighted by Crippen LogP contribution is -2.04. The molecular weight excluding hydrogens is 312 g/mol. The monoisotopic (exact) mass is 322 g/mol. The Morgan fingerprint density at radius 1 is 1.43 bits per heavy atom. The molecule has 0 radical (unpaired) electrons. The summed E-state index contributed by atoms with van der Waals surface area (Å²) in [6.45, 7) is 3.97. The zero-order chi connectivity index (χ0) is 14.8. The highest BCUT2D eigenvalue weighted by Crippen LogP contribution is 2.33.